The van der Waals surface area contributed by atoms with E-state index in [4.69, 9.17) is 19.4 Å². The molecular weight excluding hydrogens is 749 g/mol. The summed E-state index contributed by atoms with van der Waals surface area (Å²) in [5.41, 5.74) is 0.360. The zero-order chi connectivity index (χ0) is 41.4. The van der Waals surface area contributed by atoms with Crippen LogP contribution in [0.2, 0.25) is 0 Å². The van der Waals surface area contributed by atoms with Gasteiger partial charge in [0.25, 0.3) is 5.91 Å². The fourth-order valence-electron chi connectivity index (χ4n) is 8.36. The molecule has 0 aliphatic carbocycles. The van der Waals surface area contributed by atoms with Crippen molar-refractivity contribution in [1.29, 1.82) is 5.26 Å². The number of piperidine rings is 1. The molecule has 2 saturated heterocycles. The number of methoxy groups -OCH3 is 1. The molecule has 4 aromatic carbocycles. The predicted octanol–water partition coefficient (Wildman–Crippen LogP) is 6.45. The number of anilines is 3. The monoisotopic (exact) mass is 796 g/mol. The Hall–Kier alpha value is -6.72. The Morgan fingerprint density at radius 1 is 0.932 bits per heavy atom. The Labute approximate surface area is 343 Å². The van der Waals surface area contributed by atoms with Crippen molar-refractivity contribution < 1.29 is 29.0 Å². The number of ether oxygens (including phenoxy) is 2. The first kappa shape index (κ1) is 40.5. The molecule has 0 bridgehead atoms. The zero-order valence-corrected chi connectivity index (χ0v) is 33.2. The molecule has 14 nitrogen and oxygen atoms in total. The van der Waals surface area contributed by atoms with E-state index in [1.807, 2.05) is 91.0 Å². The SMILES string of the molecule is COc1cc(NC(=O)c2cc(N3CCN(C(=O)O)[C@](CC#N)(Cc4ccccc4)C3C(=O)OCc3ccccc3)nc(NCC3CCCN(C)C3)n2)c2ccccc2c1. The Morgan fingerprint density at radius 3 is 2.37 bits per heavy atom. The summed E-state index contributed by atoms with van der Waals surface area (Å²) < 4.78 is 11.6. The minimum absolute atomic E-state index is 0.00479. The number of hydrogen-bond acceptors (Lipinski definition) is 11. The topological polar surface area (TPSA) is 173 Å². The average Bonchev–Trinajstić information content (AvgIpc) is 3.25. The molecule has 3 heterocycles. The van der Waals surface area contributed by atoms with Crippen LogP contribution in [0.5, 0.6) is 5.75 Å². The molecule has 2 fully saturated rings. The lowest BCUT2D eigenvalue weighted by atomic mass is 9.77. The van der Waals surface area contributed by atoms with Crippen molar-refractivity contribution in [3.63, 3.8) is 0 Å². The van der Waals surface area contributed by atoms with E-state index in [0.717, 1.165) is 47.8 Å². The molecular formula is C45H48N8O6. The fraction of sp³-hybridized carbons (Fsp3) is 0.333. The summed E-state index contributed by atoms with van der Waals surface area (Å²) in [6.07, 6.45) is 0.476. The van der Waals surface area contributed by atoms with Gasteiger partial charge < -0.3 is 35.0 Å². The lowest BCUT2D eigenvalue weighted by molar-refractivity contribution is -0.151. The molecule has 2 unspecified atom stereocenters. The van der Waals surface area contributed by atoms with Gasteiger partial charge in [0.05, 0.1) is 30.8 Å². The number of rotatable bonds is 13. The van der Waals surface area contributed by atoms with E-state index in [1.165, 1.54) is 11.0 Å². The molecule has 7 rings (SSSR count). The molecule has 5 aromatic rings. The Kier molecular flexibility index (Phi) is 12.5. The van der Waals surface area contributed by atoms with Gasteiger partial charge in [0, 0.05) is 43.7 Å². The smallest absolute Gasteiger partial charge is 0.407 e. The van der Waals surface area contributed by atoms with Crippen LogP contribution in [-0.2, 0) is 22.6 Å². The van der Waals surface area contributed by atoms with Crippen LogP contribution in [0.25, 0.3) is 10.8 Å². The third-order valence-corrected chi connectivity index (χ3v) is 11.2. The number of piperazine rings is 1. The second-order valence-electron chi connectivity index (χ2n) is 15.2. The number of esters is 1. The number of nitrogens with one attached hydrogen (secondary N) is 2. The van der Waals surface area contributed by atoms with E-state index < -0.39 is 29.6 Å². The molecule has 304 valence electrons. The van der Waals surface area contributed by atoms with Gasteiger partial charge in [0.15, 0.2) is 6.04 Å². The second kappa shape index (κ2) is 18.3. The molecule has 3 atom stereocenters. The normalized spacial score (nSPS) is 19.4. The largest absolute Gasteiger partial charge is 0.497 e. The highest BCUT2D eigenvalue weighted by Crippen LogP contribution is 2.39. The van der Waals surface area contributed by atoms with Crippen molar-refractivity contribution in [3.8, 4) is 11.8 Å². The number of likely N-dealkylation sites (tertiary alicyclic amines) is 1. The van der Waals surface area contributed by atoms with Gasteiger partial charge in [-0.05, 0) is 61.4 Å². The van der Waals surface area contributed by atoms with Crippen LogP contribution in [0.15, 0.2) is 103 Å². The number of nitrogens with zero attached hydrogens (tertiary/aromatic N) is 6. The maximum Gasteiger partial charge on any atom is 0.407 e. The first-order valence-electron chi connectivity index (χ1n) is 19.8. The molecule has 14 heteroatoms. The number of carbonyl (C=O) groups is 3. The van der Waals surface area contributed by atoms with Crippen molar-refractivity contribution >= 4 is 46.2 Å². The van der Waals surface area contributed by atoms with Crippen LogP contribution in [0, 0.1) is 17.2 Å². The highest BCUT2D eigenvalue weighted by atomic mass is 16.5. The predicted molar refractivity (Wildman–Crippen MR) is 224 cm³/mol. The van der Waals surface area contributed by atoms with Gasteiger partial charge in [-0.15, -0.1) is 0 Å². The molecule has 1 aromatic heterocycles. The number of aromatic nitrogens is 2. The maximum atomic E-state index is 14.7. The van der Waals surface area contributed by atoms with Gasteiger partial charge >= 0.3 is 12.1 Å². The molecule has 2 aliphatic heterocycles. The zero-order valence-electron chi connectivity index (χ0n) is 33.2. The summed E-state index contributed by atoms with van der Waals surface area (Å²) in [6, 6.07) is 31.9. The minimum atomic E-state index is -1.62. The van der Waals surface area contributed by atoms with Crippen LogP contribution in [0.1, 0.15) is 40.9 Å². The first-order chi connectivity index (χ1) is 28.7. The number of benzene rings is 4. The van der Waals surface area contributed by atoms with Crippen LogP contribution in [-0.4, -0.2) is 101 Å². The first-order valence-corrected chi connectivity index (χ1v) is 19.8. The lowest BCUT2D eigenvalue weighted by Crippen LogP contribution is -2.73. The van der Waals surface area contributed by atoms with Crippen molar-refractivity contribution in [2.75, 3.05) is 62.4 Å². The lowest BCUT2D eigenvalue weighted by Gasteiger charge is -2.53. The Morgan fingerprint density at radius 2 is 1.66 bits per heavy atom. The quantitative estimate of drug-likeness (QED) is 0.111. The Bertz CT molecular complexity index is 2320. The highest BCUT2D eigenvalue weighted by molar-refractivity contribution is 6.09. The molecule has 2 amide bonds. The number of nitriles is 1. The van der Waals surface area contributed by atoms with E-state index >= 15 is 0 Å². The Balaban J connectivity index is 1.33. The summed E-state index contributed by atoms with van der Waals surface area (Å²) in [6.45, 7) is 2.29. The molecule has 0 radical (unpaired) electrons. The van der Waals surface area contributed by atoms with E-state index in [9.17, 15) is 24.8 Å². The highest BCUT2D eigenvalue weighted by Gasteiger charge is 2.56. The molecule has 59 heavy (non-hydrogen) atoms. The van der Waals surface area contributed by atoms with Gasteiger partial charge in [0.1, 0.15) is 23.9 Å². The van der Waals surface area contributed by atoms with Gasteiger partial charge in [-0.25, -0.2) is 14.6 Å². The third-order valence-electron chi connectivity index (χ3n) is 11.2. The summed E-state index contributed by atoms with van der Waals surface area (Å²) in [4.78, 5) is 57.0. The summed E-state index contributed by atoms with van der Waals surface area (Å²) in [5, 5.41) is 29.2. The van der Waals surface area contributed by atoms with E-state index in [2.05, 4.69) is 28.7 Å². The molecule has 0 spiro atoms. The van der Waals surface area contributed by atoms with Gasteiger partial charge in [-0.1, -0.05) is 84.9 Å². The maximum absolute atomic E-state index is 14.7. The van der Waals surface area contributed by atoms with E-state index in [0.29, 0.717) is 23.9 Å². The van der Waals surface area contributed by atoms with Crippen LogP contribution >= 0.6 is 0 Å². The van der Waals surface area contributed by atoms with Crippen molar-refractivity contribution in [2.24, 2.45) is 5.92 Å². The molecule has 0 saturated carbocycles. The van der Waals surface area contributed by atoms with Crippen molar-refractivity contribution in [2.45, 2.75) is 43.9 Å². The van der Waals surface area contributed by atoms with Crippen LogP contribution in [0.3, 0.4) is 0 Å². The van der Waals surface area contributed by atoms with Crippen molar-refractivity contribution in [3.05, 3.63) is 120 Å². The van der Waals surface area contributed by atoms with Crippen LogP contribution in [0.4, 0.5) is 22.2 Å². The average molecular weight is 797 g/mol. The van der Waals surface area contributed by atoms with E-state index in [1.54, 1.807) is 18.1 Å². The summed E-state index contributed by atoms with van der Waals surface area (Å²) in [5.74, 6) is -0.0444. The van der Waals surface area contributed by atoms with Gasteiger partial charge in [-0.3, -0.25) is 9.69 Å². The second-order valence-corrected chi connectivity index (χ2v) is 15.2. The van der Waals surface area contributed by atoms with Gasteiger partial charge in [-0.2, -0.15) is 10.2 Å². The number of amides is 2. The minimum Gasteiger partial charge on any atom is -0.497 e. The summed E-state index contributed by atoms with van der Waals surface area (Å²) >= 11 is 0. The number of fused-ring (bicyclic) bond motifs is 1. The number of hydrogen-bond donors (Lipinski definition) is 3. The van der Waals surface area contributed by atoms with Crippen molar-refractivity contribution in [1.82, 2.24) is 19.8 Å². The standard InChI is InChI=1S/C45H48N8O6/c1-51-21-11-16-33(29-51)28-47-43-49-38(41(54)48-37-25-35(58-2)24-34-17-9-10-18-36(34)37)26-39(50-43)52-22-23-53(44(56)57)45(19-20-46,27-31-12-5-3-6-13-31)40(52)42(55)59-30-32-14-7-4-8-15-32/h3-10,12-15,17-18,24-26,33,40H,11,16,19,21-23,27-30H2,1-2H3,(H,48,54)(H,56,57)(H,47,49,50)/t33?,40?,45-/m1/s1. The van der Waals surface area contributed by atoms with E-state index in [-0.39, 0.29) is 50.0 Å². The number of carboxylic acid groups (broad SMARTS) is 1. The molecule has 2 aliphatic rings. The third kappa shape index (κ3) is 9.21. The number of carbonyl (C=O) groups excluding carboxylic acids is 2. The summed E-state index contributed by atoms with van der Waals surface area (Å²) in [7, 11) is 3.65. The van der Waals surface area contributed by atoms with Gasteiger partial charge in [0.2, 0.25) is 5.95 Å². The fourth-order valence-corrected chi connectivity index (χ4v) is 8.36. The van der Waals surface area contributed by atoms with Crippen LogP contribution < -0.4 is 20.3 Å². The molecule has 3 N–H and O–H groups in total.